The van der Waals surface area contributed by atoms with Crippen molar-refractivity contribution in [2.75, 3.05) is 10.6 Å². The summed E-state index contributed by atoms with van der Waals surface area (Å²) >= 11 is 0. The Balaban J connectivity index is 1.79. The smallest absolute Gasteiger partial charge is 0.135 e. The predicted molar refractivity (Wildman–Crippen MR) is 90.9 cm³/mol. The van der Waals surface area contributed by atoms with E-state index < -0.39 is 0 Å². The number of nitrogens with zero attached hydrogens (tertiary/aromatic N) is 4. The van der Waals surface area contributed by atoms with Crippen LogP contribution in [-0.2, 0) is 0 Å². The van der Waals surface area contributed by atoms with Gasteiger partial charge < -0.3 is 10.6 Å². The lowest BCUT2D eigenvalue weighted by atomic mass is 10.2. The molecular formula is C18H12N6. The summed E-state index contributed by atoms with van der Waals surface area (Å²) < 4.78 is 0. The van der Waals surface area contributed by atoms with Crippen molar-refractivity contribution in [3.63, 3.8) is 0 Å². The molecule has 0 aliphatic rings. The molecule has 0 bridgehead atoms. The molecule has 3 aromatic rings. The highest BCUT2D eigenvalue weighted by Crippen LogP contribution is 2.20. The molecule has 2 N–H and O–H groups in total. The van der Waals surface area contributed by atoms with Crippen LogP contribution in [0.15, 0.2) is 60.9 Å². The average molecular weight is 312 g/mol. The van der Waals surface area contributed by atoms with Crippen molar-refractivity contribution in [3.05, 3.63) is 72.1 Å². The van der Waals surface area contributed by atoms with Gasteiger partial charge in [0.2, 0.25) is 0 Å². The monoisotopic (exact) mass is 312 g/mol. The largest absolute Gasteiger partial charge is 0.340 e. The van der Waals surface area contributed by atoms with Gasteiger partial charge in [0, 0.05) is 17.4 Å². The van der Waals surface area contributed by atoms with Crippen molar-refractivity contribution < 1.29 is 0 Å². The van der Waals surface area contributed by atoms with E-state index in [0.717, 1.165) is 11.4 Å². The summed E-state index contributed by atoms with van der Waals surface area (Å²) in [6, 6.07) is 20.2. The fourth-order valence-corrected chi connectivity index (χ4v) is 2.12. The number of benzene rings is 2. The molecule has 24 heavy (non-hydrogen) atoms. The standard InChI is InChI=1S/C18H12N6/c19-10-13-3-1-5-15(7-13)23-17-9-18(22-12-21-17)24-16-6-2-4-14(8-16)11-20/h1-9,12H,(H2,21,22,23,24). The van der Waals surface area contributed by atoms with E-state index in [0.29, 0.717) is 22.8 Å². The van der Waals surface area contributed by atoms with Gasteiger partial charge in [0.05, 0.1) is 23.3 Å². The van der Waals surface area contributed by atoms with E-state index in [1.54, 1.807) is 42.5 Å². The number of nitrogens with one attached hydrogen (secondary N) is 2. The molecule has 0 unspecified atom stereocenters. The Kier molecular flexibility index (Phi) is 4.32. The second-order valence-corrected chi connectivity index (χ2v) is 4.92. The molecular weight excluding hydrogens is 300 g/mol. The minimum atomic E-state index is 0.570. The van der Waals surface area contributed by atoms with E-state index >= 15 is 0 Å². The lowest BCUT2D eigenvalue weighted by Crippen LogP contribution is -1.98. The Morgan fingerprint density at radius 1 is 0.708 bits per heavy atom. The van der Waals surface area contributed by atoms with Crippen molar-refractivity contribution in [1.29, 1.82) is 10.5 Å². The van der Waals surface area contributed by atoms with Gasteiger partial charge in [0.25, 0.3) is 0 Å². The first-order valence-corrected chi connectivity index (χ1v) is 7.13. The molecule has 0 spiro atoms. The zero-order chi connectivity index (χ0) is 16.8. The first kappa shape index (κ1) is 15.0. The highest BCUT2D eigenvalue weighted by atomic mass is 15.1. The summed E-state index contributed by atoms with van der Waals surface area (Å²) in [5.41, 5.74) is 2.68. The normalized spacial score (nSPS) is 9.58. The molecule has 1 heterocycles. The molecule has 0 fully saturated rings. The zero-order valence-electron chi connectivity index (χ0n) is 12.6. The van der Waals surface area contributed by atoms with Gasteiger partial charge in [-0.25, -0.2) is 9.97 Å². The Bertz CT molecular complexity index is 877. The summed E-state index contributed by atoms with van der Waals surface area (Å²) in [6.07, 6.45) is 1.44. The number of hydrogen-bond acceptors (Lipinski definition) is 6. The molecule has 6 nitrogen and oxygen atoms in total. The zero-order valence-corrected chi connectivity index (χ0v) is 12.6. The van der Waals surface area contributed by atoms with Crippen molar-refractivity contribution >= 4 is 23.0 Å². The van der Waals surface area contributed by atoms with Gasteiger partial charge in [-0.05, 0) is 36.4 Å². The lowest BCUT2D eigenvalue weighted by molar-refractivity contribution is 1.17. The summed E-state index contributed by atoms with van der Waals surface area (Å²) in [4.78, 5) is 8.34. The molecule has 0 saturated heterocycles. The molecule has 0 aliphatic carbocycles. The van der Waals surface area contributed by atoms with Gasteiger partial charge in [-0.1, -0.05) is 12.1 Å². The minimum Gasteiger partial charge on any atom is -0.340 e. The topological polar surface area (TPSA) is 97.4 Å². The Labute approximate surface area is 139 Å². The predicted octanol–water partition coefficient (Wildman–Crippen LogP) is 3.71. The van der Waals surface area contributed by atoms with Crippen LogP contribution < -0.4 is 10.6 Å². The van der Waals surface area contributed by atoms with Crippen LogP contribution in [0.5, 0.6) is 0 Å². The van der Waals surface area contributed by atoms with E-state index in [9.17, 15) is 0 Å². The third kappa shape index (κ3) is 3.65. The van der Waals surface area contributed by atoms with Crippen LogP contribution in [0.4, 0.5) is 23.0 Å². The lowest BCUT2D eigenvalue weighted by Gasteiger charge is -2.09. The van der Waals surface area contributed by atoms with Crippen LogP contribution in [0.1, 0.15) is 11.1 Å². The van der Waals surface area contributed by atoms with Gasteiger partial charge in [-0.15, -0.1) is 0 Å². The molecule has 0 atom stereocenters. The number of anilines is 4. The van der Waals surface area contributed by atoms with Gasteiger partial charge in [-0.2, -0.15) is 10.5 Å². The quantitative estimate of drug-likeness (QED) is 0.762. The van der Waals surface area contributed by atoms with Gasteiger partial charge in [0.15, 0.2) is 0 Å². The fourth-order valence-electron chi connectivity index (χ4n) is 2.12. The number of nitriles is 2. The first-order valence-electron chi connectivity index (χ1n) is 7.13. The first-order chi connectivity index (χ1) is 11.8. The van der Waals surface area contributed by atoms with Crippen molar-refractivity contribution in [2.24, 2.45) is 0 Å². The molecule has 6 heteroatoms. The molecule has 114 valence electrons. The minimum absolute atomic E-state index is 0.570. The SMILES string of the molecule is N#Cc1cccc(Nc2cc(Nc3cccc(C#N)c3)ncn2)c1. The second kappa shape index (κ2) is 6.91. The maximum Gasteiger partial charge on any atom is 0.135 e. The summed E-state index contributed by atoms with van der Waals surface area (Å²) in [5.74, 6) is 1.19. The van der Waals surface area contributed by atoms with Crippen molar-refractivity contribution in [3.8, 4) is 12.1 Å². The highest BCUT2D eigenvalue weighted by Gasteiger charge is 2.02. The molecule has 0 amide bonds. The molecule has 0 radical (unpaired) electrons. The van der Waals surface area contributed by atoms with E-state index in [2.05, 4.69) is 32.7 Å². The van der Waals surface area contributed by atoms with E-state index in [1.165, 1.54) is 6.33 Å². The molecule has 1 aromatic heterocycles. The highest BCUT2D eigenvalue weighted by molar-refractivity contribution is 5.64. The van der Waals surface area contributed by atoms with Gasteiger partial charge >= 0.3 is 0 Å². The molecule has 2 aromatic carbocycles. The second-order valence-electron chi connectivity index (χ2n) is 4.92. The third-order valence-corrected chi connectivity index (χ3v) is 3.20. The molecule has 0 aliphatic heterocycles. The van der Waals surface area contributed by atoms with Crippen molar-refractivity contribution in [2.45, 2.75) is 0 Å². The molecule has 3 rings (SSSR count). The Morgan fingerprint density at radius 2 is 1.21 bits per heavy atom. The summed E-state index contributed by atoms with van der Waals surface area (Å²) in [5, 5.41) is 24.2. The van der Waals surface area contributed by atoms with Crippen LogP contribution in [-0.4, -0.2) is 9.97 Å². The van der Waals surface area contributed by atoms with Crippen LogP contribution in [0.2, 0.25) is 0 Å². The van der Waals surface area contributed by atoms with Gasteiger partial charge in [0.1, 0.15) is 18.0 Å². The van der Waals surface area contributed by atoms with Crippen LogP contribution in [0, 0.1) is 22.7 Å². The van der Waals surface area contributed by atoms with E-state index in [-0.39, 0.29) is 0 Å². The Hall–Kier alpha value is -3.90. The number of rotatable bonds is 4. The third-order valence-electron chi connectivity index (χ3n) is 3.20. The maximum absolute atomic E-state index is 8.94. The van der Waals surface area contributed by atoms with E-state index in [4.69, 9.17) is 10.5 Å². The summed E-state index contributed by atoms with van der Waals surface area (Å²) in [6.45, 7) is 0. The average Bonchev–Trinajstić information content (AvgIpc) is 2.62. The molecule has 0 saturated carbocycles. The maximum atomic E-state index is 8.94. The van der Waals surface area contributed by atoms with E-state index in [1.807, 2.05) is 12.1 Å². The van der Waals surface area contributed by atoms with Gasteiger partial charge in [-0.3, -0.25) is 0 Å². The summed E-state index contributed by atoms with van der Waals surface area (Å²) in [7, 11) is 0. The Morgan fingerprint density at radius 3 is 1.67 bits per heavy atom. The fraction of sp³-hybridized carbons (Fsp3) is 0. The number of aromatic nitrogens is 2. The van der Waals surface area contributed by atoms with Crippen LogP contribution in [0.3, 0.4) is 0 Å². The van der Waals surface area contributed by atoms with Crippen LogP contribution >= 0.6 is 0 Å². The van der Waals surface area contributed by atoms with Crippen LogP contribution in [0.25, 0.3) is 0 Å². The number of hydrogen-bond donors (Lipinski definition) is 2. The van der Waals surface area contributed by atoms with Crippen molar-refractivity contribution in [1.82, 2.24) is 9.97 Å².